The van der Waals surface area contributed by atoms with Crippen LogP contribution in [0.4, 0.5) is 0 Å². The summed E-state index contributed by atoms with van der Waals surface area (Å²) < 4.78 is 2.01. The molecule has 1 amide bonds. The third kappa shape index (κ3) is 3.64. The zero-order valence-electron chi connectivity index (χ0n) is 16.0. The lowest BCUT2D eigenvalue weighted by Crippen LogP contribution is -2.26. The number of hydrogen-bond donors (Lipinski definition) is 1. The number of aromatic nitrogens is 3. The number of hydrogen-bond acceptors (Lipinski definition) is 3. The van der Waals surface area contributed by atoms with Crippen LogP contribution in [0.25, 0.3) is 22.3 Å². The van der Waals surface area contributed by atoms with Gasteiger partial charge in [-0.05, 0) is 49.4 Å². The number of carbonyl (C=O) groups is 1. The summed E-state index contributed by atoms with van der Waals surface area (Å²) in [5.41, 5.74) is 5.29. The van der Waals surface area contributed by atoms with Gasteiger partial charge in [0.2, 0.25) is 0 Å². The van der Waals surface area contributed by atoms with E-state index in [4.69, 9.17) is 4.98 Å². The van der Waals surface area contributed by atoms with Gasteiger partial charge in [0, 0.05) is 43.5 Å². The van der Waals surface area contributed by atoms with Gasteiger partial charge in [0.05, 0.1) is 22.5 Å². The first kappa shape index (κ1) is 17.9. The molecule has 3 heterocycles. The molecular weight excluding hydrogens is 348 g/mol. The van der Waals surface area contributed by atoms with Crippen LogP contribution in [-0.4, -0.2) is 27.0 Å². The first-order valence-corrected chi connectivity index (χ1v) is 9.33. The Balaban J connectivity index is 1.66. The Morgan fingerprint density at radius 1 is 1.11 bits per heavy atom. The number of aryl methyl sites for hydroxylation is 2. The van der Waals surface area contributed by atoms with Crippen molar-refractivity contribution in [2.45, 2.75) is 13.3 Å². The molecule has 0 aliphatic heterocycles. The Hall–Kier alpha value is -3.47. The van der Waals surface area contributed by atoms with Crippen molar-refractivity contribution in [3.8, 4) is 11.4 Å². The van der Waals surface area contributed by atoms with Gasteiger partial charge in [-0.1, -0.05) is 17.7 Å². The van der Waals surface area contributed by atoms with E-state index < -0.39 is 0 Å². The fourth-order valence-electron chi connectivity index (χ4n) is 3.33. The minimum Gasteiger partial charge on any atom is -0.352 e. The Morgan fingerprint density at radius 3 is 2.75 bits per heavy atom. The van der Waals surface area contributed by atoms with E-state index in [2.05, 4.69) is 10.3 Å². The Labute approximate surface area is 164 Å². The van der Waals surface area contributed by atoms with Crippen LogP contribution in [0.5, 0.6) is 0 Å². The summed E-state index contributed by atoms with van der Waals surface area (Å²) in [4.78, 5) is 22.1. The Kier molecular flexibility index (Phi) is 4.89. The maximum atomic E-state index is 13.0. The molecular formula is C23H22N4O. The van der Waals surface area contributed by atoms with Gasteiger partial charge in [0.15, 0.2) is 0 Å². The van der Waals surface area contributed by atoms with Crippen molar-refractivity contribution in [3.05, 3.63) is 83.8 Å². The lowest BCUT2D eigenvalue weighted by atomic mass is 10.0. The molecule has 1 aromatic carbocycles. The summed E-state index contributed by atoms with van der Waals surface area (Å²) in [7, 11) is 1.98. The third-order valence-electron chi connectivity index (χ3n) is 4.81. The summed E-state index contributed by atoms with van der Waals surface area (Å²) in [6, 6.07) is 17.7. The molecule has 5 nitrogen and oxygen atoms in total. The monoisotopic (exact) mass is 370 g/mol. The summed E-state index contributed by atoms with van der Waals surface area (Å²) in [6.07, 6.45) is 4.44. The fourth-order valence-corrected chi connectivity index (χ4v) is 3.33. The minimum absolute atomic E-state index is 0.0932. The predicted molar refractivity (Wildman–Crippen MR) is 111 cm³/mol. The topological polar surface area (TPSA) is 59.8 Å². The maximum absolute atomic E-state index is 13.0. The van der Waals surface area contributed by atoms with E-state index >= 15 is 0 Å². The first-order chi connectivity index (χ1) is 13.6. The molecule has 1 N–H and O–H groups in total. The van der Waals surface area contributed by atoms with E-state index in [0.717, 1.165) is 33.5 Å². The normalized spacial score (nSPS) is 10.9. The van der Waals surface area contributed by atoms with E-state index in [-0.39, 0.29) is 5.91 Å². The summed E-state index contributed by atoms with van der Waals surface area (Å²) in [5.74, 6) is -0.0932. The number of fused-ring (bicyclic) bond motifs is 1. The zero-order chi connectivity index (χ0) is 19.5. The van der Waals surface area contributed by atoms with Crippen LogP contribution in [0, 0.1) is 6.92 Å². The molecule has 0 aliphatic carbocycles. The molecule has 0 saturated heterocycles. The van der Waals surface area contributed by atoms with Crippen LogP contribution in [0.1, 0.15) is 21.6 Å². The van der Waals surface area contributed by atoms with E-state index in [1.165, 1.54) is 0 Å². The fraction of sp³-hybridized carbons (Fsp3) is 0.174. The van der Waals surface area contributed by atoms with Crippen molar-refractivity contribution in [3.63, 3.8) is 0 Å². The number of nitrogens with one attached hydrogen (secondary N) is 1. The van der Waals surface area contributed by atoms with E-state index in [9.17, 15) is 4.79 Å². The maximum Gasteiger partial charge on any atom is 0.252 e. The van der Waals surface area contributed by atoms with Gasteiger partial charge in [-0.2, -0.15) is 0 Å². The molecule has 0 bridgehead atoms. The van der Waals surface area contributed by atoms with Crippen LogP contribution >= 0.6 is 0 Å². The standard InChI is InChI=1S/C23H22N4O/c1-16-8-9-20-18(14-16)19(15-21(26-20)22-7-5-13-27(22)2)23(28)25-12-10-17-6-3-4-11-24-17/h3-9,11,13-15H,10,12H2,1-2H3,(H,25,28). The van der Waals surface area contributed by atoms with Crippen LogP contribution in [0.3, 0.4) is 0 Å². The summed E-state index contributed by atoms with van der Waals surface area (Å²) >= 11 is 0. The number of nitrogens with zero attached hydrogens (tertiary/aromatic N) is 3. The quantitative estimate of drug-likeness (QED) is 0.579. The lowest BCUT2D eigenvalue weighted by molar-refractivity contribution is 0.0955. The van der Waals surface area contributed by atoms with E-state index in [1.807, 2.05) is 79.3 Å². The minimum atomic E-state index is -0.0932. The molecule has 0 aliphatic rings. The van der Waals surface area contributed by atoms with Gasteiger partial charge in [0.25, 0.3) is 5.91 Å². The van der Waals surface area contributed by atoms with Crippen molar-refractivity contribution < 1.29 is 4.79 Å². The highest BCUT2D eigenvalue weighted by molar-refractivity contribution is 6.07. The van der Waals surface area contributed by atoms with Crippen molar-refractivity contribution in [1.82, 2.24) is 19.9 Å². The summed E-state index contributed by atoms with van der Waals surface area (Å²) in [6.45, 7) is 2.55. The lowest BCUT2D eigenvalue weighted by Gasteiger charge is -2.12. The molecule has 0 unspecified atom stereocenters. The van der Waals surface area contributed by atoms with Crippen molar-refractivity contribution in [1.29, 1.82) is 0 Å². The van der Waals surface area contributed by atoms with Crippen molar-refractivity contribution in [2.75, 3.05) is 6.54 Å². The highest BCUT2D eigenvalue weighted by Crippen LogP contribution is 2.25. The number of carbonyl (C=O) groups excluding carboxylic acids is 1. The SMILES string of the molecule is Cc1ccc2nc(-c3cccn3C)cc(C(=O)NCCc3ccccn3)c2c1. The van der Waals surface area contributed by atoms with Crippen LogP contribution < -0.4 is 5.32 Å². The summed E-state index contributed by atoms with van der Waals surface area (Å²) in [5, 5.41) is 3.90. The highest BCUT2D eigenvalue weighted by Gasteiger charge is 2.15. The largest absolute Gasteiger partial charge is 0.352 e. The first-order valence-electron chi connectivity index (χ1n) is 9.33. The molecule has 28 heavy (non-hydrogen) atoms. The molecule has 4 aromatic rings. The van der Waals surface area contributed by atoms with Gasteiger partial charge < -0.3 is 9.88 Å². The number of pyridine rings is 2. The van der Waals surface area contributed by atoms with E-state index in [1.54, 1.807) is 6.20 Å². The second-order valence-corrected chi connectivity index (χ2v) is 6.91. The molecule has 4 rings (SSSR count). The average molecular weight is 370 g/mol. The van der Waals surface area contributed by atoms with Crippen molar-refractivity contribution >= 4 is 16.8 Å². The number of benzene rings is 1. The molecule has 0 spiro atoms. The molecule has 140 valence electrons. The van der Waals surface area contributed by atoms with Gasteiger partial charge in [-0.25, -0.2) is 4.98 Å². The second-order valence-electron chi connectivity index (χ2n) is 6.91. The molecule has 0 atom stereocenters. The molecule has 5 heteroatoms. The van der Waals surface area contributed by atoms with Gasteiger partial charge in [-0.15, -0.1) is 0 Å². The highest BCUT2D eigenvalue weighted by atomic mass is 16.1. The predicted octanol–water partition coefficient (Wildman–Crippen LogP) is 3.92. The molecule has 0 fully saturated rings. The zero-order valence-corrected chi connectivity index (χ0v) is 16.0. The van der Waals surface area contributed by atoms with Crippen molar-refractivity contribution in [2.24, 2.45) is 7.05 Å². The average Bonchev–Trinajstić information content (AvgIpc) is 3.14. The van der Waals surface area contributed by atoms with E-state index in [0.29, 0.717) is 18.5 Å². The molecule has 0 radical (unpaired) electrons. The van der Waals surface area contributed by atoms with Gasteiger partial charge in [0.1, 0.15) is 0 Å². The second kappa shape index (κ2) is 7.64. The number of rotatable bonds is 5. The Bertz CT molecular complexity index is 1130. The van der Waals surface area contributed by atoms with Gasteiger partial charge >= 0.3 is 0 Å². The Morgan fingerprint density at radius 2 is 2.00 bits per heavy atom. The third-order valence-corrected chi connectivity index (χ3v) is 4.81. The molecule has 3 aromatic heterocycles. The number of amides is 1. The smallest absolute Gasteiger partial charge is 0.252 e. The molecule has 0 saturated carbocycles. The van der Waals surface area contributed by atoms with Crippen LogP contribution in [0.2, 0.25) is 0 Å². The van der Waals surface area contributed by atoms with Gasteiger partial charge in [-0.3, -0.25) is 9.78 Å². The van der Waals surface area contributed by atoms with Crippen LogP contribution in [0.15, 0.2) is 67.0 Å². The van der Waals surface area contributed by atoms with Crippen LogP contribution in [-0.2, 0) is 13.5 Å².